The molecule has 1 N–H and O–H groups in total. The summed E-state index contributed by atoms with van der Waals surface area (Å²) < 4.78 is 18.2. The normalized spacial score (nSPS) is 14.6. The number of amides is 1. The summed E-state index contributed by atoms with van der Waals surface area (Å²) in [7, 11) is 0.628. The third-order valence-electron chi connectivity index (χ3n) is 11.2. The van der Waals surface area contributed by atoms with Crippen LogP contribution in [0.4, 0.5) is 5.69 Å². The lowest BCUT2D eigenvalue weighted by molar-refractivity contribution is 0.0698. The van der Waals surface area contributed by atoms with Gasteiger partial charge in [-0.25, -0.2) is 4.79 Å². The summed E-state index contributed by atoms with van der Waals surface area (Å²) in [4.78, 5) is 29.6. The number of carbonyl (C=O) groups is 2. The van der Waals surface area contributed by atoms with Crippen molar-refractivity contribution in [2.75, 3.05) is 24.7 Å². The number of hydrogen-bond donors (Lipinski definition) is 1. The number of aromatic nitrogens is 4. The van der Waals surface area contributed by atoms with Gasteiger partial charge in [0.1, 0.15) is 18.2 Å². The Morgan fingerprint density at radius 1 is 0.982 bits per heavy atom. The molecule has 1 aliphatic rings. The van der Waals surface area contributed by atoms with Gasteiger partial charge in [-0.15, -0.1) is 0 Å². The van der Waals surface area contributed by atoms with Crippen molar-refractivity contribution in [3.8, 4) is 16.9 Å². The van der Waals surface area contributed by atoms with Crippen LogP contribution in [-0.4, -0.2) is 63.7 Å². The number of hydrogen-bond acceptors (Lipinski definition) is 5. The Hall–Kier alpha value is -4.55. The van der Waals surface area contributed by atoms with Crippen LogP contribution in [-0.2, 0) is 24.9 Å². The third kappa shape index (κ3) is 7.62. The zero-order valence-corrected chi connectivity index (χ0v) is 36.7. The highest BCUT2D eigenvalue weighted by Crippen LogP contribution is 2.45. The van der Waals surface area contributed by atoms with Gasteiger partial charge in [0.05, 0.1) is 33.9 Å². The molecule has 4 heterocycles. The van der Waals surface area contributed by atoms with Gasteiger partial charge in [-0.3, -0.25) is 9.48 Å². The molecule has 7 rings (SSSR count). The molecule has 1 aliphatic heterocycles. The summed E-state index contributed by atoms with van der Waals surface area (Å²) in [5.74, 6) is -0.508. The van der Waals surface area contributed by atoms with Crippen molar-refractivity contribution in [2.24, 2.45) is 7.05 Å². The minimum absolute atomic E-state index is 0.136. The van der Waals surface area contributed by atoms with Gasteiger partial charge in [-0.05, 0) is 107 Å². The molecule has 3 aromatic heterocycles. The fourth-order valence-electron chi connectivity index (χ4n) is 8.22. The Morgan fingerprint density at radius 3 is 2.35 bits per heavy atom. The van der Waals surface area contributed by atoms with Crippen LogP contribution >= 0.6 is 23.2 Å². The predicted molar refractivity (Wildman–Crippen MR) is 233 cm³/mol. The van der Waals surface area contributed by atoms with Gasteiger partial charge in [0.2, 0.25) is 0 Å². The van der Waals surface area contributed by atoms with Crippen molar-refractivity contribution < 1.29 is 24.2 Å². The second-order valence-electron chi connectivity index (χ2n) is 16.6. The fraction of sp³-hybridized carbons (Fsp3) is 0.386. The summed E-state index contributed by atoms with van der Waals surface area (Å²) in [6.45, 7) is 18.6. The van der Waals surface area contributed by atoms with Crippen LogP contribution < -0.4 is 9.64 Å². The van der Waals surface area contributed by atoms with Crippen molar-refractivity contribution in [3.05, 3.63) is 98.0 Å². The maximum atomic E-state index is 15.2. The molecular weight excluding hydrogens is 778 g/mol. The zero-order valence-electron chi connectivity index (χ0n) is 34.2. The number of benzene rings is 3. The fourth-order valence-corrected chi connectivity index (χ4v) is 9.33. The molecule has 0 bridgehead atoms. The van der Waals surface area contributed by atoms with Crippen LogP contribution in [0.5, 0.6) is 5.75 Å². The van der Waals surface area contributed by atoms with Gasteiger partial charge < -0.3 is 28.6 Å². The molecule has 0 spiro atoms. The number of aromatic carboxylic acids is 1. The second-order valence-corrected chi connectivity index (χ2v) is 23.0. The molecule has 0 saturated carbocycles. The lowest BCUT2D eigenvalue weighted by Crippen LogP contribution is -2.42. The number of carbonyl (C=O) groups excluding carboxylic acids is 1. The van der Waals surface area contributed by atoms with E-state index in [1.165, 1.54) is 0 Å². The lowest BCUT2D eigenvalue weighted by Gasteiger charge is -2.34. The second kappa shape index (κ2) is 15.7. The summed E-state index contributed by atoms with van der Waals surface area (Å²) in [6.07, 6.45) is 3.05. The van der Waals surface area contributed by atoms with Crippen molar-refractivity contribution in [3.63, 3.8) is 0 Å². The van der Waals surface area contributed by atoms with Crippen LogP contribution in [0.25, 0.3) is 32.9 Å². The molecular formula is C44H51Cl2N5O5Si. The van der Waals surface area contributed by atoms with Crippen LogP contribution in [0.3, 0.4) is 0 Å². The van der Waals surface area contributed by atoms with Gasteiger partial charge in [-0.1, -0.05) is 48.9 Å². The highest BCUT2D eigenvalue weighted by molar-refractivity contribution is 6.76. The van der Waals surface area contributed by atoms with E-state index in [4.69, 9.17) is 37.8 Å². The molecule has 300 valence electrons. The van der Waals surface area contributed by atoms with Crippen molar-refractivity contribution in [2.45, 2.75) is 85.9 Å². The van der Waals surface area contributed by atoms with Crippen molar-refractivity contribution in [1.82, 2.24) is 18.9 Å². The maximum Gasteiger partial charge on any atom is 0.336 e. The van der Waals surface area contributed by atoms with Gasteiger partial charge >= 0.3 is 5.97 Å². The number of anilines is 1. The highest BCUT2D eigenvalue weighted by atomic mass is 35.5. The number of aryl methyl sites for hydroxylation is 5. The first-order chi connectivity index (χ1) is 27.0. The number of nitrogens with zero attached hydrogens (tertiary/aromatic N) is 5. The quantitative estimate of drug-likeness (QED) is 0.0918. The summed E-state index contributed by atoms with van der Waals surface area (Å²) in [5, 5.41) is 18.0. The van der Waals surface area contributed by atoms with E-state index < -0.39 is 14.0 Å². The van der Waals surface area contributed by atoms with E-state index in [0.717, 1.165) is 66.9 Å². The average Bonchev–Trinajstić information content (AvgIpc) is 3.79. The van der Waals surface area contributed by atoms with E-state index >= 15 is 4.79 Å². The molecule has 0 saturated heterocycles. The Morgan fingerprint density at radius 2 is 1.70 bits per heavy atom. The predicted octanol–water partition coefficient (Wildman–Crippen LogP) is 10.8. The highest BCUT2D eigenvalue weighted by Gasteiger charge is 2.37. The number of carboxylic acids is 1. The van der Waals surface area contributed by atoms with Gasteiger partial charge in [0, 0.05) is 78.8 Å². The van der Waals surface area contributed by atoms with E-state index in [9.17, 15) is 9.90 Å². The van der Waals surface area contributed by atoms with Gasteiger partial charge in [-0.2, -0.15) is 5.10 Å². The summed E-state index contributed by atoms with van der Waals surface area (Å²) in [5.41, 5.74) is 9.24. The first-order valence-electron chi connectivity index (χ1n) is 19.5. The zero-order chi connectivity index (χ0) is 41.1. The molecule has 1 atom stereocenters. The monoisotopic (exact) mass is 827 g/mol. The van der Waals surface area contributed by atoms with E-state index in [-0.39, 0.29) is 24.2 Å². The maximum absolute atomic E-state index is 15.2. The molecule has 10 nitrogen and oxygen atoms in total. The first-order valence-corrected chi connectivity index (χ1v) is 23.9. The topological polar surface area (TPSA) is 104 Å². The van der Waals surface area contributed by atoms with E-state index in [1.807, 2.05) is 86.6 Å². The molecule has 1 amide bonds. The number of rotatable bonds is 13. The number of ether oxygens (including phenoxy) is 2. The Kier molecular flexibility index (Phi) is 11.2. The van der Waals surface area contributed by atoms with E-state index in [2.05, 4.69) is 31.1 Å². The lowest BCUT2D eigenvalue weighted by atomic mass is 9.98. The SMILES string of the molecule is Cc1cc(OCCCc2c3n(c4c(-c5c(C)nn(C)c5C)c(Cl)ccc24)C(C)CN(c2cc(C(=O)O)c4ccn(COCC[Si](C)(C)C)c4c2)C3=O)cc(C)c1Cl. The Bertz CT molecular complexity index is 2540. The van der Waals surface area contributed by atoms with E-state index in [1.54, 1.807) is 11.0 Å². The first kappa shape index (κ1) is 40.6. The molecule has 6 aromatic rings. The third-order valence-corrected chi connectivity index (χ3v) is 13.8. The Labute approximate surface area is 344 Å². The standard InChI is InChI=1S/C44H51Cl2N5O5Si/c1-25-19-31(20-26(2)40(25)46)56-16-10-11-33-34-12-13-36(45)39(38-28(4)47-48(6)29(38)5)41(34)51-27(3)23-50(43(52)42(33)51)30-21-35(44(53)54)32-14-15-49(37(32)22-30)24-55-17-18-57(7,8)9/h12-15,19-22,27H,10-11,16-18,23-24H2,1-9H3,(H,53,54). The smallest absolute Gasteiger partial charge is 0.336 e. The number of fused-ring (bicyclic) bond motifs is 4. The van der Waals surface area contributed by atoms with E-state index in [0.29, 0.717) is 59.9 Å². The van der Waals surface area contributed by atoms with Gasteiger partial charge in [0.15, 0.2) is 0 Å². The minimum atomic E-state index is -1.29. The number of halogens is 2. The molecule has 0 radical (unpaired) electrons. The molecule has 0 fully saturated rings. The van der Waals surface area contributed by atoms with Crippen molar-refractivity contribution >= 4 is 70.6 Å². The van der Waals surface area contributed by atoms with Crippen LogP contribution in [0, 0.1) is 27.7 Å². The summed E-state index contributed by atoms with van der Waals surface area (Å²) in [6, 6.07) is 14.0. The van der Waals surface area contributed by atoms with Crippen LogP contribution in [0.15, 0.2) is 48.7 Å². The minimum Gasteiger partial charge on any atom is -0.494 e. The molecule has 0 aliphatic carbocycles. The largest absolute Gasteiger partial charge is 0.494 e. The summed E-state index contributed by atoms with van der Waals surface area (Å²) >= 11 is 13.5. The Balaban J connectivity index is 1.33. The average molecular weight is 829 g/mol. The molecule has 1 unspecified atom stereocenters. The van der Waals surface area contributed by atoms with Gasteiger partial charge in [0.25, 0.3) is 5.91 Å². The molecule has 3 aromatic carbocycles. The van der Waals surface area contributed by atoms with Crippen molar-refractivity contribution in [1.29, 1.82) is 0 Å². The molecule has 57 heavy (non-hydrogen) atoms. The van der Waals surface area contributed by atoms with Crippen LogP contribution in [0.1, 0.15) is 68.3 Å². The van der Waals surface area contributed by atoms with Crippen LogP contribution in [0.2, 0.25) is 35.7 Å². The molecule has 13 heteroatoms. The number of carboxylic acid groups (broad SMARTS) is 1.